The van der Waals surface area contributed by atoms with E-state index in [1.807, 2.05) is 0 Å². The van der Waals surface area contributed by atoms with Gasteiger partial charge in [0.2, 0.25) is 17.7 Å². The van der Waals surface area contributed by atoms with Crippen LogP contribution in [0.15, 0.2) is 52.3 Å². The Hall–Kier alpha value is -3.78. The van der Waals surface area contributed by atoms with E-state index in [9.17, 15) is 32.3 Å². The standard InChI is InChI=1S/C30H28F3N3O6S2/c1-41-19-11-10-16(14-20(19)42-2)22-23-24(27(39)36(26(23)38)18-9-5-4-8-17(18)30(31,32)33)43-28-25(22)44-29(40)35(28)15-21(37)34-12-6-3-7-13-34/h4-5,8-11,14,22-24H,3,6-7,12-13,15H2,1-2H3/t22-,23-,24+/m0/s1. The Morgan fingerprint density at radius 3 is 2.34 bits per heavy atom. The molecule has 0 bridgehead atoms. The highest BCUT2D eigenvalue weighted by molar-refractivity contribution is 8.00. The Labute approximate surface area is 258 Å². The Bertz CT molecular complexity index is 1700. The van der Waals surface area contributed by atoms with E-state index in [4.69, 9.17) is 9.47 Å². The summed E-state index contributed by atoms with van der Waals surface area (Å²) in [6.07, 6.45) is -2.05. The number of piperidine rings is 1. The van der Waals surface area contributed by atoms with Crippen LogP contribution in [0.1, 0.15) is 41.2 Å². The summed E-state index contributed by atoms with van der Waals surface area (Å²) in [6, 6.07) is 9.42. The Balaban J connectivity index is 1.48. The van der Waals surface area contributed by atoms with Gasteiger partial charge < -0.3 is 14.4 Å². The fourth-order valence-corrected chi connectivity index (χ4v) is 8.96. The van der Waals surface area contributed by atoms with Crippen molar-refractivity contribution in [2.24, 2.45) is 5.92 Å². The molecule has 2 fully saturated rings. The molecule has 6 rings (SSSR count). The minimum absolute atomic E-state index is 0.229. The SMILES string of the molecule is COc1ccc([C@@H]2c3sc(=O)n(CC(=O)N4CCCCC4)c3S[C@H]3C(=O)N(c4ccccc4C(F)(F)F)C(=O)[C@@H]23)cc1OC. The number of amides is 3. The number of hydrogen-bond donors (Lipinski definition) is 0. The van der Waals surface area contributed by atoms with Crippen molar-refractivity contribution < 1.29 is 37.0 Å². The molecule has 3 amide bonds. The van der Waals surface area contributed by atoms with E-state index in [1.165, 1.54) is 30.9 Å². The number of fused-ring (bicyclic) bond motifs is 2. The Morgan fingerprint density at radius 2 is 1.66 bits per heavy atom. The van der Waals surface area contributed by atoms with Gasteiger partial charge in [0.15, 0.2) is 11.5 Å². The van der Waals surface area contributed by atoms with Gasteiger partial charge in [-0.1, -0.05) is 41.3 Å². The van der Waals surface area contributed by atoms with E-state index in [1.54, 1.807) is 23.1 Å². The Morgan fingerprint density at radius 1 is 0.955 bits per heavy atom. The maximum Gasteiger partial charge on any atom is 0.418 e. The van der Waals surface area contributed by atoms with Crippen molar-refractivity contribution in [1.82, 2.24) is 9.47 Å². The van der Waals surface area contributed by atoms with Gasteiger partial charge in [-0.15, -0.1) is 0 Å². The molecule has 3 aliphatic heterocycles. The van der Waals surface area contributed by atoms with Gasteiger partial charge in [-0.2, -0.15) is 13.2 Å². The number of benzene rings is 2. The lowest BCUT2D eigenvalue weighted by Gasteiger charge is -2.31. The van der Waals surface area contributed by atoms with Gasteiger partial charge in [-0.05, 0) is 49.1 Å². The average Bonchev–Trinajstić information content (AvgIpc) is 3.46. The molecule has 14 heteroatoms. The van der Waals surface area contributed by atoms with E-state index >= 15 is 0 Å². The summed E-state index contributed by atoms with van der Waals surface area (Å²) in [7, 11) is 2.90. The first-order valence-corrected chi connectivity index (χ1v) is 15.7. The van der Waals surface area contributed by atoms with Crippen LogP contribution in [0, 0.1) is 5.92 Å². The predicted octanol–water partition coefficient (Wildman–Crippen LogP) is 4.75. The lowest BCUT2D eigenvalue weighted by molar-refractivity contribution is -0.137. The molecule has 0 aliphatic carbocycles. The molecular formula is C30H28F3N3O6S2. The molecule has 9 nitrogen and oxygen atoms in total. The number of para-hydroxylation sites is 1. The minimum atomic E-state index is -4.81. The molecule has 2 aromatic carbocycles. The van der Waals surface area contributed by atoms with Crippen LogP contribution in [-0.2, 0) is 27.1 Å². The minimum Gasteiger partial charge on any atom is -0.493 e. The molecule has 1 aromatic heterocycles. The van der Waals surface area contributed by atoms with Crippen LogP contribution in [0.3, 0.4) is 0 Å². The van der Waals surface area contributed by atoms with Crippen molar-refractivity contribution in [3.05, 3.63) is 68.1 Å². The lowest BCUT2D eigenvalue weighted by atomic mass is 9.83. The molecular weight excluding hydrogens is 619 g/mol. The van der Waals surface area contributed by atoms with Crippen LogP contribution in [0.25, 0.3) is 0 Å². The molecule has 0 N–H and O–H groups in total. The lowest BCUT2D eigenvalue weighted by Crippen LogP contribution is -2.39. The summed E-state index contributed by atoms with van der Waals surface area (Å²) in [5.41, 5.74) is -1.13. The number of carbonyl (C=O) groups excluding carboxylic acids is 3. The van der Waals surface area contributed by atoms with E-state index in [0.717, 1.165) is 54.5 Å². The second kappa shape index (κ2) is 11.6. The number of rotatable bonds is 6. The van der Waals surface area contributed by atoms with Crippen molar-refractivity contribution in [1.29, 1.82) is 0 Å². The fourth-order valence-electron chi connectivity index (χ4n) is 6.19. The molecule has 44 heavy (non-hydrogen) atoms. The van der Waals surface area contributed by atoms with E-state index in [0.29, 0.717) is 45.0 Å². The van der Waals surface area contributed by atoms with Gasteiger partial charge in [0.25, 0.3) is 0 Å². The second-order valence-corrected chi connectivity index (χ2v) is 12.9. The number of aromatic nitrogens is 1. The van der Waals surface area contributed by atoms with E-state index in [2.05, 4.69) is 0 Å². The molecule has 0 spiro atoms. The summed E-state index contributed by atoms with van der Waals surface area (Å²) in [4.78, 5) is 57.0. The highest BCUT2D eigenvalue weighted by Gasteiger charge is 2.58. The number of halogens is 3. The average molecular weight is 648 g/mol. The molecule has 0 unspecified atom stereocenters. The fraction of sp³-hybridized carbons (Fsp3) is 0.400. The van der Waals surface area contributed by atoms with Crippen LogP contribution in [0.5, 0.6) is 11.5 Å². The number of carbonyl (C=O) groups is 3. The van der Waals surface area contributed by atoms with Gasteiger partial charge in [0, 0.05) is 23.9 Å². The maximum absolute atomic E-state index is 14.1. The molecule has 232 valence electrons. The quantitative estimate of drug-likeness (QED) is 0.356. The summed E-state index contributed by atoms with van der Waals surface area (Å²) < 4.78 is 54.2. The highest BCUT2D eigenvalue weighted by atomic mass is 32.2. The topological polar surface area (TPSA) is 98.1 Å². The van der Waals surface area contributed by atoms with Crippen LogP contribution in [0.2, 0.25) is 0 Å². The zero-order chi connectivity index (χ0) is 31.3. The third-order valence-electron chi connectivity index (χ3n) is 8.27. The molecule has 3 aromatic rings. The third kappa shape index (κ3) is 5.07. The normalized spacial score (nSPS) is 21.7. The number of likely N-dealkylation sites (tertiary alicyclic amines) is 1. The highest BCUT2D eigenvalue weighted by Crippen LogP contribution is 2.55. The number of nitrogens with zero attached hydrogens (tertiary/aromatic N) is 3. The zero-order valence-electron chi connectivity index (χ0n) is 23.8. The molecule has 4 heterocycles. The summed E-state index contributed by atoms with van der Waals surface area (Å²) in [6.45, 7) is 0.940. The number of anilines is 1. The number of ether oxygens (including phenoxy) is 2. The van der Waals surface area contributed by atoms with Crippen molar-refractivity contribution in [3.63, 3.8) is 0 Å². The van der Waals surface area contributed by atoms with Crippen molar-refractivity contribution in [3.8, 4) is 11.5 Å². The summed E-state index contributed by atoms with van der Waals surface area (Å²) in [5.74, 6) is -3.09. The number of methoxy groups -OCH3 is 2. The predicted molar refractivity (Wildman–Crippen MR) is 157 cm³/mol. The van der Waals surface area contributed by atoms with Gasteiger partial charge in [0.1, 0.15) is 11.8 Å². The number of imide groups is 1. The smallest absolute Gasteiger partial charge is 0.418 e. The van der Waals surface area contributed by atoms with Gasteiger partial charge in [0.05, 0.1) is 36.4 Å². The second-order valence-electron chi connectivity index (χ2n) is 10.7. The van der Waals surface area contributed by atoms with E-state index in [-0.39, 0.29) is 12.5 Å². The largest absolute Gasteiger partial charge is 0.493 e. The van der Waals surface area contributed by atoms with Gasteiger partial charge in [-0.25, -0.2) is 4.90 Å². The number of hydrogen-bond acceptors (Lipinski definition) is 8. The number of thiazole rings is 1. The molecule has 3 atom stereocenters. The van der Waals surface area contributed by atoms with Crippen LogP contribution >= 0.6 is 23.1 Å². The Kier molecular flexibility index (Phi) is 7.99. The summed E-state index contributed by atoms with van der Waals surface area (Å²) >= 11 is 1.83. The summed E-state index contributed by atoms with van der Waals surface area (Å²) in [5, 5.41) is -0.779. The van der Waals surface area contributed by atoms with Gasteiger partial charge >= 0.3 is 11.0 Å². The first-order valence-electron chi connectivity index (χ1n) is 14.0. The van der Waals surface area contributed by atoms with Crippen LogP contribution in [-0.4, -0.2) is 59.7 Å². The molecule has 3 aliphatic rings. The monoisotopic (exact) mass is 647 g/mol. The maximum atomic E-state index is 14.1. The van der Waals surface area contributed by atoms with Crippen molar-refractivity contribution in [2.45, 2.75) is 48.2 Å². The zero-order valence-corrected chi connectivity index (χ0v) is 25.4. The van der Waals surface area contributed by atoms with Crippen LogP contribution in [0.4, 0.5) is 18.9 Å². The van der Waals surface area contributed by atoms with Gasteiger partial charge in [-0.3, -0.25) is 23.7 Å². The third-order valence-corrected chi connectivity index (χ3v) is 10.9. The van der Waals surface area contributed by atoms with E-state index < -0.39 is 51.2 Å². The first-order chi connectivity index (χ1) is 21.0. The molecule has 2 saturated heterocycles. The molecule has 0 radical (unpaired) electrons. The van der Waals surface area contributed by atoms with Crippen LogP contribution < -0.4 is 19.2 Å². The first kappa shape index (κ1) is 30.3. The van der Waals surface area contributed by atoms with Crippen molar-refractivity contribution in [2.75, 3.05) is 32.2 Å². The van der Waals surface area contributed by atoms with Crippen molar-refractivity contribution >= 4 is 46.5 Å². The number of thioether (sulfide) groups is 1. The molecule has 0 saturated carbocycles. The number of alkyl halides is 3.